The van der Waals surface area contributed by atoms with E-state index in [1.54, 1.807) is 0 Å². The highest BCUT2D eigenvalue weighted by molar-refractivity contribution is 5.92. The Labute approximate surface area is 108 Å². The molecule has 6 N–H and O–H groups in total. The summed E-state index contributed by atoms with van der Waals surface area (Å²) < 4.78 is 0. The van der Waals surface area contributed by atoms with Crippen LogP contribution in [0.25, 0.3) is 0 Å². The van der Waals surface area contributed by atoms with Gasteiger partial charge in [-0.25, -0.2) is 0 Å². The molecule has 1 aliphatic rings. The van der Waals surface area contributed by atoms with Gasteiger partial charge in [-0.1, -0.05) is 0 Å². The number of nitrogens with one attached hydrogen (secondary N) is 3. The van der Waals surface area contributed by atoms with Gasteiger partial charge in [0.1, 0.15) is 6.04 Å². The van der Waals surface area contributed by atoms with E-state index >= 15 is 0 Å². The number of nitrogens with two attached hydrogens (primary N) is 1. The number of carboxylic acids is 1. The Morgan fingerprint density at radius 3 is 2.47 bits per heavy atom. The standard InChI is InChI=1S/C10H16N4O5/c11-5-1-8(16)14-4-9(17)13-2-6(10(18)19)12-3-7(5)15/h5-6,12H,1-4,11H2,(H,13,17)(H,14,16)(H,18,19). The van der Waals surface area contributed by atoms with Crippen molar-refractivity contribution in [1.29, 1.82) is 0 Å². The van der Waals surface area contributed by atoms with Crippen molar-refractivity contribution in [3.63, 3.8) is 0 Å². The molecule has 1 fully saturated rings. The summed E-state index contributed by atoms with van der Waals surface area (Å²) in [5.41, 5.74) is 5.51. The summed E-state index contributed by atoms with van der Waals surface area (Å²) in [7, 11) is 0. The lowest BCUT2D eigenvalue weighted by atomic mass is 10.1. The zero-order valence-corrected chi connectivity index (χ0v) is 10.1. The van der Waals surface area contributed by atoms with Crippen molar-refractivity contribution in [3.05, 3.63) is 0 Å². The van der Waals surface area contributed by atoms with E-state index in [0.717, 1.165) is 0 Å². The van der Waals surface area contributed by atoms with Crippen LogP contribution in [0.5, 0.6) is 0 Å². The molecule has 19 heavy (non-hydrogen) atoms. The summed E-state index contributed by atoms with van der Waals surface area (Å²) in [5.74, 6) is -2.68. The highest BCUT2D eigenvalue weighted by atomic mass is 16.4. The predicted octanol–water partition coefficient (Wildman–Crippen LogP) is -3.44. The fourth-order valence-electron chi connectivity index (χ4n) is 1.44. The summed E-state index contributed by atoms with van der Waals surface area (Å²) >= 11 is 0. The predicted molar refractivity (Wildman–Crippen MR) is 63.0 cm³/mol. The van der Waals surface area contributed by atoms with Gasteiger partial charge in [0, 0.05) is 13.0 Å². The van der Waals surface area contributed by atoms with Gasteiger partial charge < -0.3 is 21.5 Å². The zero-order valence-electron chi connectivity index (χ0n) is 10.1. The van der Waals surface area contributed by atoms with E-state index in [4.69, 9.17) is 10.8 Å². The average molecular weight is 272 g/mol. The van der Waals surface area contributed by atoms with E-state index in [1.807, 2.05) is 0 Å². The molecular weight excluding hydrogens is 256 g/mol. The summed E-state index contributed by atoms with van der Waals surface area (Å²) in [5, 5.41) is 16.0. The molecule has 1 heterocycles. The second-order valence-electron chi connectivity index (χ2n) is 4.13. The maximum atomic E-state index is 11.6. The maximum Gasteiger partial charge on any atom is 0.322 e. The van der Waals surface area contributed by atoms with Crippen molar-refractivity contribution in [2.75, 3.05) is 19.6 Å². The molecule has 1 rings (SSSR count). The molecule has 1 saturated heterocycles. The second-order valence-corrected chi connectivity index (χ2v) is 4.13. The van der Waals surface area contributed by atoms with Crippen LogP contribution in [0.2, 0.25) is 0 Å². The quantitative estimate of drug-likeness (QED) is 0.333. The van der Waals surface area contributed by atoms with Crippen LogP contribution in [-0.2, 0) is 19.2 Å². The van der Waals surface area contributed by atoms with Crippen molar-refractivity contribution in [3.8, 4) is 0 Å². The van der Waals surface area contributed by atoms with Gasteiger partial charge >= 0.3 is 5.97 Å². The third-order valence-corrected chi connectivity index (χ3v) is 2.59. The van der Waals surface area contributed by atoms with Gasteiger partial charge in [-0.15, -0.1) is 0 Å². The van der Waals surface area contributed by atoms with Gasteiger partial charge in [0.2, 0.25) is 11.8 Å². The lowest BCUT2D eigenvalue weighted by Crippen LogP contribution is -2.52. The van der Waals surface area contributed by atoms with Gasteiger partial charge in [-0.3, -0.25) is 24.5 Å². The molecule has 2 amide bonds. The molecule has 0 spiro atoms. The number of aliphatic carboxylic acids is 1. The number of rotatable bonds is 1. The lowest BCUT2D eigenvalue weighted by molar-refractivity contribution is -0.139. The largest absolute Gasteiger partial charge is 0.480 e. The first-order chi connectivity index (χ1) is 8.90. The molecule has 2 atom stereocenters. The first-order valence-corrected chi connectivity index (χ1v) is 5.68. The van der Waals surface area contributed by atoms with Crippen molar-refractivity contribution < 1.29 is 24.3 Å². The number of ketones is 1. The number of hydrogen-bond donors (Lipinski definition) is 5. The molecule has 0 bridgehead atoms. The van der Waals surface area contributed by atoms with Crippen LogP contribution in [0.3, 0.4) is 0 Å². The molecule has 2 unspecified atom stereocenters. The number of amides is 2. The number of hydrogen-bond acceptors (Lipinski definition) is 6. The lowest BCUT2D eigenvalue weighted by Gasteiger charge is -2.18. The first-order valence-electron chi connectivity index (χ1n) is 5.68. The second kappa shape index (κ2) is 6.81. The maximum absolute atomic E-state index is 11.6. The van der Waals surface area contributed by atoms with Crippen molar-refractivity contribution in [2.45, 2.75) is 18.5 Å². The topological polar surface area (TPSA) is 151 Å². The van der Waals surface area contributed by atoms with E-state index in [0.29, 0.717) is 0 Å². The molecule has 1 aliphatic heterocycles. The molecular formula is C10H16N4O5. The van der Waals surface area contributed by atoms with Crippen LogP contribution in [0, 0.1) is 0 Å². The Bertz CT molecular complexity index is 397. The minimum absolute atomic E-state index is 0.188. The van der Waals surface area contributed by atoms with Crippen LogP contribution in [0.4, 0.5) is 0 Å². The third-order valence-electron chi connectivity index (χ3n) is 2.59. The zero-order chi connectivity index (χ0) is 14.4. The number of carbonyl (C=O) groups excluding carboxylic acids is 3. The molecule has 9 nitrogen and oxygen atoms in total. The van der Waals surface area contributed by atoms with Crippen molar-refractivity contribution in [1.82, 2.24) is 16.0 Å². The fourth-order valence-corrected chi connectivity index (χ4v) is 1.44. The molecule has 0 aromatic carbocycles. The Balaban J connectivity index is 2.72. The van der Waals surface area contributed by atoms with Crippen LogP contribution >= 0.6 is 0 Å². The van der Waals surface area contributed by atoms with Crippen LogP contribution in [0.1, 0.15) is 6.42 Å². The smallest absolute Gasteiger partial charge is 0.322 e. The number of Topliss-reactive ketones (excluding diaryl/α,β-unsaturated/α-hetero) is 1. The SMILES string of the molecule is NC1CC(=O)NCC(=O)NCC(C(=O)O)NCC1=O. The van der Waals surface area contributed by atoms with Gasteiger partial charge in [-0.05, 0) is 0 Å². The summed E-state index contributed by atoms with van der Waals surface area (Å²) in [6.07, 6.45) is -0.245. The van der Waals surface area contributed by atoms with Crippen LogP contribution < -0.4 is 21.7 Å². The highest BCUT2D eigenvalue weighted by Gasteiger charge is 2.23. The minimum atomic E-state index is -1.19. The first kappa shape index (κ1) is 15.1. The summed E-state index contributed by atoms with van der Waals surface area (Å²) in [6, 6.07) is -2.11. The average Bonchev–Trinajstić information content (AvgIpc) is 2.34. The number of carbonyl (C=O) groups is 4. The summed E-state index contributed by atoms with van der Waals surface area (Å²) in [6.45, 7) is -0.750. The fraction of sp³-hybridized carbons (Fsp3) is 0.600. The molecule has 9 heteroatoms. The molecule has 0 aromatic heterocycles. The Kier molecular flexibility index (Phi) is 5.39. The summed E-state index contributed by atoms with van der Waals surface area (Å²) in [4.78, 5) is 45.1. The van der Waals surface area contributed by atoms with E-state index in [1.165, 1.54) is 0 Å². The highest BCUT2D eigenvalue weighted by Crippen LogP contribution is 1.93. The Morgan fingerprint density at radius 2 is 1.84 bits per heavy atom. The molecule has 0 radical (unpaired) electrons. The molecule has 0 saturated carbocycles. The van der Waals surface area contributed by atoms with Gasteiger partial charge in [0.05, 0.1) is 19.1 Å². The Morgan fingerprint density at radius 1 is 1.16 bits per heavy atom. The third kappa shape index (κ3) is 5.02. The molecule has 0 aromatic rings. The van der Waals surface area contributed by atoms with Crippen molar-refractivity contribution >= 4 is 23.6 Å². The number of carboxylic acid groups (broad SMARTS) is 1. The monoisotopic (exact) mass is 272 g/mol. The molecule has 0 aliphatic carbocycles. The van der Waals surface area contributed by atoms with E-state index < -0.39 is 35.7 Å². The van der Waals surface area contributed by atoms with Crippen LogP contribution in [-0.4, -0.2) is 60.4 Å². The molecule has 106 valence electrons. The van der Waals surface area contributed by atoms with Crippen molar-refractivity contribution in [2.24, 2.45) is 5.73 Å². The van der Waals surface area contributed by atoms with Crippen LogP contribution in [0.15, 0.2) is 0 Å². The van der Waals surface area contributed by atoms with Gasteiger partial charge in [0.25, 0.3) is 0 Å². The van der Waals surface area contributed by atoms with E-state index in [9.17, 15) is 19.2 Å². The van der Waals surface area contributed by atoms with Gasteiger partial charge in [0.15, 0.2) is 5.78 Å². The normalized spacial score (nSPS) is 26.7. The van der Waals surface area contributed by atoms with Gasteiger partial charge in [-0.2, -0.15) is 0 Å². The Hall–Kier alpha value is -2.00. The van der Waals surface area contributed by atoms with E-state index in [2.05, 4.69) is 16.0 Å². The minimum Gasteiger partial charge on any atom is -0.480 e. The van der Waals surface area contributed by atoms with E-state index in [-0.39, 0.29) is 26.1 Å².